The number of fused-ring (bicyclic) bond motifs is 13. The first kappa shape index (κ1) is 32.1. The second-order valence-electron chi connectivity index (χ2n) is 16.1. The van der Waals surface area contributed by atoms with Gasteiger partial charge >= 0.3 is 0 Å². The van der Waals surface area contributed by atoms with Crippen molar-refractivity contribution >= 4 is 64.9 Å². The summed E-state index contributed by atoms with van der Waals surface area (Å²) in [4.78, 5) is 9.82. The maximum atomic E-state index is 5.14. The maximum Gasteiger partial charge on any atom is 0.0972 e. The van der Waals surface area contributed by atoms with Gasteiger partial charge in [-0.2, -0.15) is 0 Å². The summed E-state index contributed by atoms with van der Waals surface area (Å²) in [5, 5.41) is 12.5. The van der Waals surface area contributed by atoms with Gasteiger partial charge in [0.2, 0.25) is 0 Å². The predicted octanol–water partition coefficient (Wildman–Crippen LogP) is 14.7. The molecule has 0 aliphatic heterocycles. The van der Waals surface area contributed by atoms with Gasteiger partial charge < -0.3 is 0 Å². The summed E-state index contributed by atoms with van der Waals surface area (Å²) >= 11 is 0. The zero-order valence-electron chi connectivity index (χ0n) is 31.7. The molecule has 0 radical (unpaired) electrons. The van der Waals surface area contributed by atoms with Crippen molar-refractivity contribution in [2.45, 2.75) is 19.3 Å². The Hall–Kier alpha value is -7.16. The summed E-state index contributed by atoms with van der Waals surface area (Å²) in [5.41, 5.74) is 14.3. The van der Waals surface area contributed by atoms with E-state index in [1.165, 1.54) is 87.6 Å². The van der Waals surface area contributed by atoms with E-state index in [-0.39, 0.29) is 5.41 Å². The Morgan fingerprint density at radius 2 is 0.877 bits per heavy atom. The largest absolute Gasteiger partial charge is 0.254 e. The van der Waals surface area contributed by atoms with Gasteiger partial charge in [-0.15, -0.1) is 0 Å². The predicted molar refractivity (Wildman–Crippen MR) is 241 cm³/mol. The van der Waals surface area contributed by atoms with E-state index in [0.717, 1.165) is 33.1 Å². The van der Waals surface area contributed by atoms with Crippen LogP contribution in [0.25, 0.3) is 110 Å². The van der Waals surface area contributed by atoms with Gasteiger partial charge in [-0.1, -0.05) is 172 Å². The lowest BCUT2D eigenvalue weighted by molar-refractivity contribution is 0.666. The standard InChI is InChI=1S/C55H36N2/c1-55(2)47-29-27-37(32-46(47)51-40-15-5-3-13-38(40)39-14-4-10-20-45(39)52(51)55)50-43-18-8-6-16-41(43)49(42-17-7-9-19-44(42)50)34-23-21-33(22-24-34)48-30-28-36-26-25-35-12-11-31-56-53(35)54(36)57-48/h3-32H,1-2H3. The third-order valence-corrected chi connectivity index (χ3v) is 12.6. The van der Waals surface area contributed by atoms with Crippen LogP contribution in [0, 0.1) is 0 Å². The molecule has 11 aromatic rings. The Balaban J connectivity index is 1.05. The molecule has 2 heteroatoms. The van der Waals surface area contributed by atoms with E-state index in [0.29, 0.717) is 0 Å². The molecule has 0 saturated carbocycles. The maximum absolute atomic E-state index is 5.14. The van der Waals surface area contributed by atoms with Gasteiger partial charge in [0.1, 0.15) is 0 Å². The van der Waals surface area contributed by atoms with E-state index >= 15 is 0 Å². The lowest BCUT2D eigenvalue weighted by Gasteiger charge is -2.24. The van der Waals surface area contributed by atoms with Crippen molar-refractivity contribution in [3.63, 3.8) is 0 Å². The van der Waals surface area contributed by atoms with Crippen LogP contribution in [0.4, 0.5) is 0 Å². The van der Waals surface area contributed by atoms with Crippen LogP contribution in [0.15, 0.2) is 182 Å². The fourth-order valence-electron chi connectivity index (χ4n) is 10.1. The van der Waals surface area contributed by atoms with Crippen LogP contribution in [-0.4, -0.2) is 9.97 Å². The molecule has 0 N–H and O–H groups in total. The molecule has 9 aromatic carbocycles. The molecule has 0 atom stereocenters. The van der Waals surface area contributed by atoms with E-state index in [4.69, 9.17) is 4.98 Å². The third-order valence-electron chi connectivity index (χ3n) is 12.6. The van der Waals surface area contributed by atoms with Gasteiger partial charge in [-0.05, 0) is 106 Å². The molecule has 1 aliphatic carbocycles. The molecule has 12 rings (SSSR count). The van der Waals surface area contributed by atoms with Crippen molar-refractivity contribution in [3.8, 4) is 44.6 Å². The van der Waals surface area contributed by atoms with Crippen LogP contribution >= 0.6 is 0 Å². The fraction of sp³-hybridized carbons (Fsp3) is 0.0545. The number of nitrogens with zero attached hydrogens (tertiary/aromatic N) is 2. The van der Waals surface area contributed by atoms with Crippen molar-refractivity contribution in [1.29, 1.82) is 0 Å². The molecule has 0 amide bonds. The normalized spacial score (nSPS) is 13.2. The molecule has 2 heterocycles. The van der Waals surface area contributed by atoms with Gasteiger partial charge in [0.25, 0.3) is 0 Å². The quantitative estimate of drug-likeness (QED) is 0.134. The van der Waals surface area contributed by atoms with Crippen LogP contribution in [-0.2, 0) is 5.41 Å². The second kappa shape index (κ2) is 11.9. The summed E-state index contributed by atoms with van der Waals surface area (Å²) in [7, 11) is 0. The van der Waals surface area contributed by atoms with Crippen molar-refractivity contribution < 1.29 is 0 Å². The van der Waals surface area contributed by atoms with Gasteiger partial charge in [0.15, 0.2) is 0 Å². The average Bonchev–Trinajstić information content (AvgIpc) is 3.51. The van der Waals surface area contributed by atoms with Crippen molar-refractivity contribution in [2.24, 2.45) is 0 Å². The highest BCUT2D eigenvalue weighted by Gasteiger charge is 2.38. The molecule has 2 nitrogen and oxygen atoms in total. The van der Waals surface area contributed by atoms with Crippen LogP contribution in [0.3, 0.4) is 0 Å². The van der Waals surface area contributed by atoms with Gasteiger partial charge in [0, 0.05) is 27.9 Å². The Labute approximate surface area is 330 Å². The Bertz CT molecular complexity index is 3430. The van der Waals surface area contributed by atoms with Crippen LogP contribution in [0.1, 0.15) is 25.0 Å². The Morgan fingerprint density at radius 1 is 0.386 bits per heavy atom. The smallest absolute Gasteiger partial charge is 0.0972 e. The Morgan fingerprint density at radius 3 is 1.53 bits per heavy atom. The van der Waals surface area contributed by atoms with Crippen LogP contribution < -0.4 is 0 Å². The zero-order chi connectivity index (χ0) is 37.8. The first-order valence-electron chi connectivity index (χ1n) is 19.8. The SMILES string of the molecule is CC1(C)c2ccc(-c3c4ccccc4c(-c4ccc(-c5ccc6ccc7cccnc7c6n5)cc4)c4ccccc34)cc2-c2c1c1ccccc1c1ccccc21. The monoisotopic (exact) mass is 724 g/mol. The fourth-order valence-corrected chi connectivity index (χ4v) is 10.1. The van der Waals surface area contributed by atoms with E-state index < -0.39 is 0 Å². The minimum atomic E-state index is -0.139. The highest BCUT2D eigenvalue weighted by atomic mass is 14.7. The molecule has 0 saturated heterocycles. The molecule has 0 bridgehead atoms. The number of aromatic nitrogens is 2. The lowest BCUT2D eigenvalue weighted by Crippen LogP contribution is -2.15. The topological polar surface area (TPSA) is 25.8 Å². The Kier molecular flexibility index (Phi) is 6.72. The third kappa shape index (κ3) is 4.59. The highest BCUT2D eigenvalue weighted by Crippen LogP contribution is 2.56. The number of pyridine rings is 2. The molecule has 1 aliphatic rings. The van der Waals surface area contributed by atoms with E-state index in [2.05, 4.69) is 189 Å². The van der Waals surface area contributed by atoms with Crippen LogP contribution in [0.2, 0.25) is 0 Å². The lowest BCUT2D eigenvalue weighted by atomic mass is 9.79. The summed E-state index contributed by atoms with van der Waals surface area (Å²) in [6.45, 7) is 4.80. The van der Waals surface area contributed by atoms with Gasteiger partial charge in [-0.3, -0.25) is 4.98 Å². The molecular weight excluding hydrogens is 689 g/mol. The van der Waals surface area contributed by atoms with Gasteiger partial charge in [-0.25, -0.2) is 4.98 Å². The second-order valence-corrected chi connectivity index (χ2v) is 16.1. The van der Waals surface area contributed by atoms with E-state index in [1.807, 2.05) is 12.3 Å². The number of rotatable bonds is 3. The first-order chi connectivity index (χ1) is 28.0. The zero-order valence-corrected chi connectivity index (χ0v) is 31.7. The van der Waals surface area contributed by atoms with Crippen LogP contribution in [0.5, 0.6) is 0 Å². The van der Waals surface area contributed by atoms with E-state index in [9.17, 15) is 0 Å². The summed E-state index contributed by atoms with van der Waals surface area (Å²) in [5.74, 6) is 0. The molecule has 266 valence electrons. The first-order valence-corrected chi connectivity index (χ1v) is 19.8. The minimum Gasteiger partial charge on any atom is -0.254 e. The van der Waals surface area contributed by atoms with Crippen molar-refractivity contribution in [2.75, 3.05) is 0 Å². The summed E-state index contributed by atoms with van der Waals surface area (Å²) in [6.07, 6.45) is 1.85. The summed E-state index contributed by atoms with van der Waals surface area (Å²) in [6, 6.07) is 64.7. The van der Waals surface area contributed by atoms with Gasteiger partial charge in [0.05, 0.1) is 16.7 Å². The molecule has 0 unspecified atom stereocenters. The average molecular weight is 725 g/mol. The van der Waals surface area contributed by atoms with E-state index in [1.54, 1.807) is 0 Å². The number of hydrogen-bond donors (Lipinski definition) is 0. The molecule has 0 spiro atoms. The van der Waals surface area contributed by atoms with Crippen molar-refractivity contribution in [3.05, 3.63) is 193 Å². The minimum absolute atomic E-state index is 0.139. The highest BCUT2D eigenvalue weighted by molar-refractivity contribution is 6.23. The number of hydrogen-bond acceptors (Lipinski definition) is 2. The molecule has 57 heavy (non-hydrogen) atoms. The summed E-state index contributed by atoms with van der Waals surface area (Å²) < 4.78 is 0. The molecule has 2 aromatic heterocycles. The van der Waals surface area contributed by atoms with Crippen molar-refractivity contribution in [1.82, 2.24) is 9.97 Å². The molecule has 0 fully saturated rings. The molecular formula is C55H36N2. The number of benzene rings is 9.